The lowest BCUT2D eigenvalue weighted by Gasteiger charge is -2.12. The molecule has 2 N–H and O–H groups in total. The summed E-state index contributed by atoms with van der Waals surface area (Å²) in [6, 6.07) is 9.85. The van der Waals surface area contributed by atoms with Gasteiger partial charge in [0, 0.05) is 11.4 Å². The summed E-state index contributed by atoms with van der Waals surface area (Å²) in [7, 11) is 1.63. The van der Waals surface area contributed by atoms with Gasteiger partial charge in [-0.15, -0.1) is 16.4 Å². The van der Waals surface area contributed by atoms with Crippen LogP contribution in [0.25, 0.3) is 0 Å². The van der Waals surface area contributed by atoms with Crippen LogP contribution in [0, 0.1) is 0 Å². The molecule has 0 aliphatic rings. The first kappa shape index (κ1) is 14.3. The predicted octanol–water partition coefficient (Wildman–Crippen LogP) is 2.46. The molecule has 7 nitrogen and oxygen atoms in total. The van der Waals surface area contributed by atoms with Gasteiger partial charge in [-0.25, -0.2) is 0 Å². The van der Waals surface area contributed by atoms with Crippen LogP contribution in [-0.4, -0.2) is 27.7 Å². The van der Waals surface area contributed by atoms with Crippen LogP contribution in [0.2, 0.25) is 0 Å². The Morgan fingerprint density at radius 2 is 2.23 bits per heavy atom. The fourth-order valence-electron chi connectivity index (χ4n) is 1.90. The van der Waals surface area contributed by atoms with Gasteiger partial charge in [0.1, 0.15) is 6.61 Å². The van der Waals surface area contributed by atoms with E-state index in [1.54, 1.807) is 18.4 Å². The molecule has 2 aromatic heterocycles. The van der Waals surface area contributed by atoms with E-state index in [-0.39, 0.29) is 0 Å². The van der Waals surface area contributed by atoms with E-state index in [1.807, 2.05) is 35.7 Å². The monoisotopic (exact) mass is 317 g/mol. The zero-order valence-electron chi connectivity index (χ0n) is 11.9. The molecule has 22 heavy (non-hydrogen) atoms. The molecule has 114 valence electrons. The predicted molar refractivity (Wildman–Crippen MR) is 83.1 cm³/mol. The number of anilines is 1. The summed E-state index contributed by atoms with van der Waals surface area (Å²) in [6.07, 6.45) is 0. The molecule has 0 aliphatic carbocycles. The highest BCUT2D eigenvalue weighted by atomic mass is 32.1. The van der Waals surface area contributed by atoms with E-state index in [4.69, 9.17) is 9.47 Å². The fourth-order valence-corrected chi connectivity index (χ4v) is 2.52. The Balaban J connectivity index is 1.64. The van der Waals surface area contributed by atoms with Gasteiger partial charge in [0.05, 0.1) is 7.11 Å². The molecule has 0 spiro atoms. The number of aromatic amines is 1. The van der Waals surface area contributed by atoms with Crippen LogP contribution in [0.3, 0.4) is 0 Å². The lowest BCUT2D eigenvalue weighted by molar-refractivity contribution is 0.287. The molecule has 8 heteroatoms. The van der Waals surface area contributed by atoms with E-state index in [2.05, 4.69) is 25.9 Å². The smallest absolute Gasteiger partial charge is 0.263 e. The maximum absolute atomic E-state index is 5.80. The minimum atomic E-state index is 0.456. The first-order valence-electron chi connectivity index (χ1n) is 6.64. The highest BCUT2D eigenvalue weighted by Crippen LogP contribution is 2.29. The Kier molecular flexibility index (Phi) is 4.50. The maximum atomic E-state index is 5.80. The highest BCUT2D eigenvalue weighted by molar-refractivity contribution is 7.09. The summed E-state index contributed by atoms with van der Waals surface area (Å²) in [5, 5.41) is 18.6. The minimum absolute atomic E-state index is 0.456. The number of aromatic nitrogens is 4. The van der Waals surface area contributed by atoms with Crippen LogP contribution in [-0.2, 0) is 13.2 Å². The minimum Gasteiger partial charge on any atom is -0.493 e. The number of rotatable bonds is 7. The SMILES string of the molecule is COc1cc(CNc2nn[nH]n2)ccc1OCc1cccs1. The third kappa shape index (κ3) is 3.53. The van der Waals surface area contributed by atoms with Crippen molar-refractivity contribution in [2.45, 2.75) is 13.2 Å². The van der Waals surface area contributed by atoms with E-state index < -0.39 is 0 Å². The van der Waals surface area contributed by atoms with Crippen LogP contribution in [0.5, 0.6) is 11.5 Å². The van der Waals surface area contributed by atoms with Crippen molar-refractivity contribution >= 4 is 17.3 Å². The number of methoxy groups -OCH3 is 1. The number of benzene rings is 1. The number of thiophene rings is 1. The Labute approximate surface area is 131 Å². The molecule has 0 saturated carbocycles. The average molecular weight is 317 g/mol. The zero-order valence-corrected chi connectivity index (χ0v) is 12.8. The molecular formula is C14H15N5O2S. The first-order chi connectivity index (χ1) is 10.8. The van der Waals surface area contributed by atoms with Crippen molar-refractivity contribution in [2.75, 3.05) is 12.4 Å². The number of hydrogen-bond donors (Lipinski definition) is 2. The van der Waals surface area contributed by atoms with Gasteiger partial charge in [-0.1, -0.05) is 17.2 Å². The third-order valence-electron chi connectivity index (χ3n) is 2.97. The van der Waals surface area contributed by atoms with E-state index >= 15 is 0 Å². The van der Waals surface area contributed by atoms with Crippen LogP contribution in [0.1, 0.15) is 10.4 Å². The van der Waals surface area contributed by atoms with Gasteiger partial charge in [0.15, 0.2) is 11.5 Å². The number of nitrogens with one attached hydrogen (secondary N) is 2. The molecule has 3 aromatic rings. The fraction of sp³-hybridized carbons (Fsp3) is 0.214. The lowest BCUT2D eigenvalue weighted by Crippen LogP contribution is -2.02. The van der Waals surface area contributed by atoms with Gasteiger partial charge < -0.3 is 14.8 Å². The highest BCUT2D eigenvalue weighted by Gasteiger charge is 2.07. The second-order valence-electron chi connectivity index (χ2n) is 4.44. The van der Waals surface area contributed by atoms with Crippen LogP contribution < -0.4 is 14.8 Å². The van der Waals surface area contributed by atoms with E-state index in [0.717, 1.165) is 11.3 Å². The molecule has 1 aromatic carbocycles. The molecule has 3 rings (SSSR count). The number of hydrogen-bond acceptors (Lipinski definition) is 7. The lowest BCUT2D eigenvalue weighted by atomic mass is 10.2. The Bertz CT molecular complexity index is 700. The number of H-pyrrole nitrogens is 1. The summed E-state index contributed by atoms with van der Waals surface area (Å²) in [6.45, 7) is 1.11. The van der Waals surface area contributed by atoms with Crippen molar-refractivity contribution in [2.24, 2.45) is 0 Å². The van der Waals surface area contributed by atoms with Crippen LogP contribution >= 0.6 is 11.3 Å². The van der Waals surface area contributed by atoms with Gasteiger partial charge in [0.2, 0.25) is 0 Å². The summed E-state index contributed by atoms with van der Waals surface area (Å²) in [5.74, 6) is 1.88. The van der Waals surface area contributed by atoms with Gasteiger partial charge >= 0.3 is 0 Å². The normalized spacial score (nSPS) is 10.4. The molecular weight excluding hydrogens is 302 g/mol. The van der Waals surface area contributed by atoms with Crippen molar-refractivity contribution in [1.82, 2.24) is 20.6 Å². The molecule has 0 radical (unpaired) electrons. The number of ether oxygens (including phenoxy) is 2. The standard InChI is InChI=1S/C14H15N5O2S/c1-20-13-7-10(8-15-14-16-18-19-17-14)4-5-12(13)21-9-11-3-2-6-22-11/h2-7H,8-9H2,1H3,(H2,15,16,17,18,19). The van der Waals surface area contributed by atoms with Gasteiger partial charge in [0.25, 0.3) is 5.95 Å². The van der Waals surface area contributed by atoms with E-state index in [0.29, 0.717) is 24.8 Å². The molecule has 0 fully saturated rings. The van der Waals surface area contributed by atoms with Crippen molar-refractivity contribution in [3.05, 3.63) is 46.2 Å². The topological polar surface area (TPSA) is 85.0 Å². The first-order valence-corrected chi connectivity index (χ1v) is 7.52. The molecule has 0 aliphatic heterocycles. The Hall–Kier alpha value is -2.61. The molecule has 0 atom stereocenters. The zero-order chi connectivity index (χ0) is 15.2. The second kappa shape index (κ2) is 6.90. The summed E-state index contributed by atoms with van der Waals surface area (Å²) < 4.78 is 11.2. The average Bonchev–Trinajstić information content (AvgIpc) is 3.24. The summed E-state index contributed by atoms with van der Waals surface area (Å²) in [4.78, 5) is 1.17. The molecule has 0 saturated heterocycles. The maximum Gasteiger partial charge on any atom is 0.263 e. The second-order valence-corrected chi connectivity index (χ2v) is 5.47. The number of nitrogens with zero attached hydrogens (tertiary/aromatic N) is 3. The Morgan fingerprint density at radius 1 is 1.27 bits per heavy atom. The number of tetrazole rings is 1. The van der Waals surface area contributed by atoms with Crippen molar-refractivity contribution in [3.8, 4) is 11.5 Å². The molecule has 0 amide bonds. The van der Waals surface area contributed by atoms with Crippen molar-refractivity contribution < 1.29 is 9.47 Å². The largest absolute Gasteiger partial charge is 0.493 e. The summed E-state index contributed by atoms with van der Waals surface area (Å²) >= 11 is 1.67. The quantitative estimate of drug-likeness (QED) is 0.696. The van der Waals surface area contributed by atoms with Gasteiger partial charge in [-0.3, -0.25) is 0 Å². The molecule has 0 bridgehead atoms. The van der Waals surface area contributed by atoms with E-state index in [9.17, 15) is 0 Å². The van der Waals surface area contributed by atoms with Crippen LogP contribution in [0.15, 0.2) is 35.7 Å². The van der Waals surface area contributed by atoms with Crippen molar-refractivity contribution in [1.29, 1.82) is 0 Å². The van der Waals surface area contributed by atoms with E-state index in [1.165, 1.54) is 4.88 Å². The van der Waals surface area contributed by atoms with Gasteiger partial charge in [-0.2, -0.15) is 5.21 Å². The van der Waals surface area contributed by atoms with Crippen LogP contribution in [0.4, 0.5) is 5.95 Å². The third-order valence-corrected chi connectivity index (χ3v) is 3.82. The molecule has 0 unspecified atom stereocenters. The Morgan fingerprint density at radius 3 is 2.95 bits per heavy atom. The van der Waals surface area contributed by atoms with Crippen molar-refractivity contribution in [3.63, 3.8) is 0 Å². The summed E-state index contributed by atoms with van der Waals surface area (Å²) in [5.41, 5.74) is 1.03. The van der Waals surface area contributed by atoms with Gasteiger partial charge in [-0.05, 0) is 34.4 Å². The molecule has 2 heterocycles.